The summed E-state index contributed by atoms with van der Waals surface area (Å²) in [5.41, 5.74) is 1.82. The molecule has 0 unspecified atom stereocenters. The van der Waals surface area contributed by atoms with Crippen molar-refractivity contribution < 1.29 is 9.13 Å². The van der Waals surface area contributed by atoms with E-state index in [1.54, 1.807) is 19.2 Å². The maximum Gasteiger partial charge on any atom is 0.137 e. The first-order chi connectivity index (χ1) is 10.3. The lowest BCUT2D eigenvalue weighted by Crippen LogP contribution is -2.02. The van der Waals surface area contributed by atoms with E-state index in [2.05, 4.69) is 15.3 Å². The molecule has 4 nitrogen and oxygen atoms in total. The summed E-state index contributed by atoms with van der Waals surface area (Å²) in [5.74, 6) is 1.24. The van der Waals surface area contributed by atoms with Crippen LogP contribution in [-0.4, -0.2) is 17.1 Å². The fraction of sp³-hybridized carbons (Fsp3) is 0.125. The third-order valence-electron chi connectivity index (χ3n) is 3.22. The SMILES string of the molecule is COc1ccc2ncnc(NCc3ccc(F)cc3)c2c1. The van der Waals surface area contributed by atoms with E-state index in [1.165, 1.54) is 18.5 Å². The lowest BCUT2D eigenvalue weighted by molar-refractivity contribution is 0.415. The Kier molecular flexibility index (Phi) is 3.64. The van der Waals surface area contributed by atoms with Gasteiger partial charge < -0.3 is 10.1 Å². The minimum Gasteiger partial charge on any atom is -0.497 e. The minimum atomic E-state index is -0.240. The first-order valence-electron chi connectivity index (χ1n) is 6.53. The van der Waals surface area contributed by atoms with Crippen LogP contribution in [0.15, 0.2) is 48.8 Å². The van der Waals surface area contributed by atoms with Crippen molar-refractivity contribution in [3.63, 3.8) is 0 Å². The number of ether oxygens (including phenoxy) is 1. The van der Waals surface area contributed by atoms with Gasteiger partial charge in [0.1, 0.15) is 23.7 Å². The molecule has 1 heterocycles. The number of hydrogen-bond donors (Lipinski definition) is 1. The molecule has 3 aromatic rings. The molecule has 3 rings (SSSR count). The maximum absolute atomic E-state index is 12.9. The van der Waals surface area contributed by atoms with Gasteiger partial charge in [-0.1, -0.05) is 12.1 Å². The van der Waals surface area contributed by atoms with Crippen LogP contribution in [0.2, 0.25) is 0 Å². The Morgan fingerprint density at radius 3 is 2.67 bits per heavy atom. The minimum absolute atomic E-state index is 0.240. The van der Waals surface area contributed by atoms with E-state index in [4.69, 9.17) is 4.74 Å². The van der Waals surface area contributed by atoms with Crippen LogP contribution in [0.1, 0.15) is 5.56 Å². The van der Waals surface area contributed by atoms with E-state index in [0.29, 0.717) is 6.54 Å². The average Bonchev–Trinajstić information content (AvgIpc) is 2.54. The highest BCUT2D eigenvalue weighted by atomic mass is 19.1. The normalized spacial score (nSPS) is 10.6. The summed E-state index contributed by atoms with van der Waals surface area (Å²) in [5, 5.41) is 4.13. The number of rotatable bonds is 4. The molecule has 2 aromatic carbocycles. The molecule has 0 bridgehead atoms. The van der Waals surface area contributed by atoms with Crippen LogP contribution in [0.5, 0.6) is 5.75 Å². The van der Waals surface area contributed by atoms with E-state index < -0.39 is 0 Å². The number of halogens is 1. The number of benzene rings is 2. The van der Waals surface area contributed by atoms with E-state index in [-0.39, 0.29) is 5.82 Å². The molecule has 0 saturated heterocycles. The Balaban J connectivity index is 1.87. The van der Waals surface area contributed by atoms with Gasteiger partial charge >= 0.3 is 0 Å². The standard InChI is InChI=1S/C16H14FN3O/c1-21-13-6-7-15-14(8-13)16(20-10-19-15)18-9-11-2-4-12(17)5-3-11/h2-8,10H,9H2,1H3,(H,18,19,20). The molecule has 0 aliphatic rings. The lowest BCUT2D eigenvalue weighted by Gasteiger charge is -2.09. The van der Waals surface area contributed by atoms with Crippen molar-refractivity contribution in [1.29, 1.82) is 0 Å². The molecule has 5 heteroatoms. The fourth-order valence-electron chi connectivity index (χ4n) is 2.09. The Morgan fingerprint density at radius 2 is 1.90 bits per heavy atom. The van der Waals surface area contributed by atoms with Crippen molar-refractivity contribution >= 4 is 16.7 Å². The second-order valence-corrected chi connectivity index (χ2v) is 4.59. The van der Waals surface area contributed by atoms with Crippen molar-refractivity contribution in [3.05, 3.63) is 60.2 Å². The van der Waals surface area contributed by atoms with Crippen molar-refractivity contribution in [1.82, 2.24) is 9.97 Å². The van der Waals surface area contributed by atoms with Gasteiger partial charge in [0.2, 0.25) is 0 Å². The average molecular weight is 283 g/mol. The zero-order valence-electron chi connectivity index (χ0n) is 11.5. The first kappa shape index (κ1) is 13.3. The van der Waals surface area contributed by atoms with Crippen molar-refractivity contribution in [3.8, 4) is 5.75 Å². The highest BCUT2D eigenvalue weighted by Gasteiger charge is 2.05. The van der Waals surface area contributed by atoms with E-state index in [0.717, 1.165) is 28.0 Å². The molecule has 1 aromatic heterocycles. The Morgan fingerprint density at radius 1 is 1.10 bits per heavy atom. The van der Waals surface area contributed by atoms with E-state index in [9.17, 15) is 4.39 Å². The molecule has 0 atom stereocenters. The third kappa shape index (κ3) is 2.91. The number of fused-ring (bicyclic) bond motifs is 1. The quantitative estimate of drug-likeness (QED) is 0.797. The van der Waals surface area contributed by atoms with Crippen LogP contribution in [0, 0.1) is 5.82 Å². The molecule has 0 spiro atoms. The molecular weight excluding hydrogens is 269 g/mol. The largest absolute Gasteiger partial charge is 0.497 e. The van der Waals surface area contributed by atoms with Crippen LogP contribution in [0.4, 0.5) is 10.2 Å². The van der Waals surface area contributed by atoms with Crippen LogP contribution in [0.25, 0.3) is 10.9 Å². The van der Waals surface area contributed by atoms with Crippen LogP contribution in [-0.2, 0) is 6.54 Å². The Labute approximate surface area is 121 Å². The summed E-state index contributed by atoms with van der Waals surface area (Å²) in [6.07, 6.45) is 1.52. The number of aromatic nitrogens is 2. The number of nitrogens with zero attached hydrogens (tertiary/aromatic N) is 2. The topological polar surface area (TPSA) is 47.0 Å². The van der Waals surface area contributed by atoms with Crippen molar-refractivity contribution in [2.24, 2.45) is 0 Å². The number of methoxy groups -OCH3 is 1. The first-order valence-corrected chi connectivity index (χ1v) is 6.53. The summed E-state index contributed by atoms with van der Waals surface area (Å²) in [4.78, 5) is 8.49. The maximum atomic E-state index is 12.9. The molecule has 0 amide bonds. The molecule has 0 fully saturated rings. The summed E-state index contributed by atoms with van der Waals surface area (Å²) in [7, 11) is 1.62. The highest BCUT2D eigenvalue weighted by molar-refractivity contribution is 5.89. The number of nitrogens with one attached hydrogen (secondary N) is 1. The lowest BCUT2D eigenvalue weighted by atomic mass is 10.2. The molecule has 1 N–H and O–H groups in total. The summed E-state index contributed by atoms with van der Waals surface area (Å²) in [6, 6.07) is 12.0. The monoisotopic (exact) mass is 283 g/mol. The number of hydrogen-bond acceptors (Lipinski definition) is 4. The molecule has 0 aliphatic heterocycles. The predicted molar refractivity (Wildman–Crippen MR) is 79.8 cm³/mol. The van der Waals surface area contributed by atoms with Gasteiger partial charge in [0.25, 0.3) is 0 Å². The zero-order valence-corrected chi connectivity index (χ0v) is 11.5. The van der Waals surface area contributed by atoms with Gasteiger partial charge in [-0.15, -0.1) is 0 Å². The van der Waals surface area contributed by atoms with Crippen LogP contribution >= 0.6 is 0 Å². The molecule has 106 valence electrons. The van der Waals surface area contributed by atoms with E-state index in [1.807, 2.05) is 18.2 Å². The second kappa shape index (κ2) is 5.75. The third-order valence-corrected chi connectivity index (χ3v) is 3.22. The summed E-state index contributed by atoms with van der Waals surface area (Å²) >= 11 is 0. The van der Waals surface area contributed by atoms with Gasteiger partial charge in [-0.25, -0.2) is 14.4 Å². The van der Waals surface area contributed by atoms with Gasteiger partial charge in [-0.05, 0) is 35.9 Å². The van der Waals surface area contributed by atoms with Crippen molar-refractivity contribution in [2.75, 3.05) is 12.4 Å². The van der Waals surface area contributed by atoms with Crippen LogP contribution < -0.4 is 10.1 Å². The van der Waals surface area contributed by atoms with Gasteiger partial charge in [0.15, 0.2) is 0 Å². The van der Waals surface area contributed by atoms with Gasteiger partial charge in [0, 0.05) is 11.9 Å². The van der Waals surface area contributed by atoms with Crippen molar-refractivity contribution in [2.45, 2.75) is 6.54 Å². The Bertz CT molecular complexity index is 759. The summed E-state index contributed by atoms with van der Waals surface area (Å²) < 4.78 is 18.1. The molecule has 21 heavy (non-hydrogen) atoms. The van der Waals surface area contributed by atoms with Crippen LogP contribution in [0.3, 0.4) is 0 Å². The Hall–Kier alpha value is -2.69. The fourth-order valence-corrected chi connectivity index (χ4v) is 2.09. The van der Waals surface area contributed by atoms with Gasteiger partial charge in [0.05, 0.1) is 12.6 Å². The molecule has 0 radical (unpaired) electrons. The molecule has 0 aliphatic carbocycles. The molecule has 0 saturated carbocycles. The highest BCUT2D eigenvalue weighted by Crippen LogP contribution is 2.24. The number of anilines is 1. The smallest absolute Gasteiger partial charge is 0.137 e. The molecular formula is C16H14FN3O. The van der Waals surface area contributed by atoms with E-state index >= 15 is 0 Å². The zero-order chi connectivity index (χ0) is 14.7. The second-order valence-electron chi connectivity index (χ2n) is 4.59. The summed E-state index contributed by atoms with van der Waals surface area (Å²) in [6.45, 7) is 0.559. The van der Waals surface area contributed by atoms with Gasteiger partial charge in [-0.3, -0.25) is 0 Å². The predicted octanol–water partition coefficient (Wildman–Crippen LogP) is 3.39. The van der Waals surface area contributed by atoms with Gasteiger partial charge in [-0.2, -0.15) is 0 Å².